The highest BCUT2D eigenvalue weighted by Gasteiger charge is 2.17. The van der Waals surface area contributed by atoms with Gasteiger partial charge in [-0.25, -0.2) is 0 Å². The number of hydrogen-bond acceptors (Lipinski definition) is 5. The van der Waals surface area contributed by atoms with E-state index >= 15 is 0 Å². The molecule has 0 aliphatic rings. The SMILES string of the molecule is CCCNC(=O)c1nnc2c(-c3ccc(C)nc3C)cccc2c1N. The van der Waals surface area contributed by atoms with Gasteiger partial charge in [0.05, 0.1) is 5.69 Å². The van der Waals surface area contributed by atoms with E-state index in [1.54, 1.807) is 0 Å². The number of fused-ring (bicyclic) bond motifs is 1. The van der Waals surface area contributed by atoms with E-state index in [1.807, 2.05) is 51.1 Å². The summed E-state index contributed by atoms with van der Waals surface area (Å²) in [7, 11) is 0. The minimum atomic E-state index is -0.299. The number of nitrogens with zero attached hydrogens (tertiary/aromatic N) is 3. The molecule has 25 heavy (non-hydrogen) atoms. The molecule has 6 nitrogen and oxygen atoms in total. The first-order chi connectivity index (χ1) is 12.0. The Morgan fingerprint density at radius 2 is 1.92 bits per heavy atom. The normalized spacial score (nSPS) is 10.8. The molecule has 3 N–H and O–H groups in total. The van der Waals surface area contributed by atoms with Crippen LogP contribution >= 0.6 is 0 Å². The van der Waals surface area contributed by atoms with Crippen LogP contribution in [0.3, 0.4) is 0 Å². The fourth-order valence-electron chi connectivity index (χ4n) is 2.83. The van der Waals surface area contributed by atoms with E-state index < -0.39 is 0 Å². The van der Waals surface area contributed by atoms with Gasteiger partial charge in [-0.2, -0.15) is 0 Å². The van der Waals surface area contributed by atoms with Crippen LogP contribution in [0.1, 0.15) is 35.2 Å². The van der Waals surface area contributed by atoms with Crippen LogP contribution in [0.2, 0.25) is 0 Å². The predicted octanol–water partition coefficient (Wildman–Crippen LogP) is 3.03. The Balaban J connectivity index is 2.14. The number of aromatic nitrogens is 3. The fourth-order valence-corrected chi connectivity index (χ4v) is 2.83. The number of carbonyl (C=O) groups is 1. The van der Waals surface area contributed by atoms with Crippen molar-refractivity contribution in [3.05, 3.63) is 47.4 Å². The summed E-state index contributed by atoms with van der Waals surface area (Å²) in [5.74, 6) is -0.299. The lowest BCUT2D eigenvalue weighted by Crippen LogP contribution is -2.26. The highest BCUT2D eigenvalue weighted by molar-refractivity contribution is 6.07. The number of hydrogen-bond donors (Lipinski definition) is 2. The summed E-state index contributed by atoms with van der Waals surface area (Å²) in [6, 6.07) is 9.71. The zero-order valence-electron chi connectivity index (χ0n) is 14.6. The quantitative estimate of drug-likeness (QED) is 0.764. The zero-order valence-corrected chi connectivity index (χ0v) is 14.6. The largest absolute Gasteiger partial charge is 0.396 e. The number of benzene rings is 1. The van der Waals surface area contributed by atoms with E-state index in [0.29, 0.717) is 23.1 Å². The van der Waals surface area contributed by atoms with Crippen LogP contribution in [0.4, 0.5) is 5.69 Å². The average molecular weight is 335 g/mol. The fraction of sp³-hybridized carbons (Fsp3) is 0.263. The summed E-state index contributed by atoms with van der Waals surface area (Å²) in [6.45, 7) is 6.48. The number of pyridine rings is 1. The molecule has 3 aromatic rings. The Morgan fingerprint density at radius 1 is 1.12 bits per heavy atom. The number of nitrogen functional groups attached to an aromatic ring is 1. The third kappa shape index (κ3) is 3.15. The van der Waals surface area contributed by atoms with Crippen LogP contribution in [0.15, 0.2) is 30.3 Å². The summed E-state index contributed by atoms with van der Waals surface area (Å²) < 4.78 is 0. The number of anilines is 1. The molecular weight excluding hydrogens is 314 g/mol. The first-order valence-electron chi connectivity index (χ1n) is 8.30. The van der Waals surface area contributed by atoms with Crippen molar-refractivity contribution in [2.75, 3.05) is 12.3 Å². The van der Waals surface area contributed by atoms with E-state index in [4.69, 9.17) is 5.73 Å². The molecule has 128 valence electrons. The third-order valence-corrected chi connectivity index (χ3v) is 4.10. The third-order valence-electron chi connectivity index (χ3n) is 4.10. The second-order valence-electron chi connectivity index (χ2n) is 6.01. The molecule has 2 heterocycles. The maximum absolute atomic E-state index is 12.2. The maximum Gasteiger partial charge on any atom is 0.273 e. The number of rotatable bonds is 4. The van der Waals surface area contributed by atoms with Gasteiger partial charge in [0.1, 0.15) is 5.52 Å². The first-order valence-corrected chi connectivity index (χ1v) is 8.30. The summed E-state index contributed by atoms with van der Waals surface area (Å²) in [5, 5.41) is 11.9. The van der Waals surface area contributed by atoms with Gasteiger partial charge in [0.25, 0.3) is 5.91 Å². The Labute approximate surface area is 146 Å². The number of aryl methyl sites for hydroxylation is 2. The summed E-state index contributed by atoms with van der Waals surface area (Å²) in [6.07, 6.45) is 0.844. The molecule has 6 heteroatoms. The number of amides is 1. The number of carbonyl (C=O) groups excluding carboxylic acids is 1. The van der Waals surface area contributed by atoms with Crippen molar-refractivity contribution >= 4 is 22.5 Å². The summed E-state index contributed by atoms with van der Waals surface area (Å²) >= 11 is 0. The highest BCUT2D eigenvalue weighted by Crippen LogP contribution is 2.31. The van der Waals surface area contributed by atoms with Crippen molar-refractivity contribution in [2.24, 2.45) is 0 Å². The lowest BCUT2D eigenvalue weighted by molar-refractivity contribution is 0.0949. The predicted molar refractivity (Wildman–Crippen MR) is 99.3 cm³/mol. The molecule has 1 amide bonds. The van der Waals surface area contributed by atoms with Gasteiger partial charge in [0.2, 0.25) is 0 Å². The van der Waals surface area contributed by atoms with Gasteiger partial charge in [-0.3, -0.25) is 9.78 Å². The van der Waals surface area contributed by atoms with E-state index in [1.165, 1.54) is 0 Å². The van der Waals surface area contributed by atoms with E-state index in [2.05, 4.69) is 20.5 Å². The Hall–Kier alpha value is -3.02. The van der Waals surface area contributed by atoms with Crippen LogP contribution in [0.5, 0.6) is 0 Å². The molecule has 0 saturated heterocycles. The van der Waals surface area contributed by atoms with Gasteiger partial charge in [0, 0.05) is 34.4 Å². The Morgan fingerprint density at radius 3 is 2.64 bits per heavy atom. The lowest BCUT2D eigenvalue weighted by atomic mass is 10.00. The Kier molecular flexibility index (Phi) is 4.61. The molecule has 0 atom stereocenters. The second kappa shape index (κ2) is 6.84. The van der Waals surface area contributed by atoms with Crippen molar-refractivity contribution < 1.29 is 4.79 Å². The van der Waals surface area contributed by atoms with Crippen LogP contribution in [0.25, 0.3) is 22.0 Å². The molecule has 0 radical (unpaired) electrons. The van der Waals surface area contributed by atoms with Crippen molar-refractivity contribution in [2.45, 2.75) is 27.2 Å². The van der Waals surface area contributed by atoms with Crippen molar-refractivity contribution in [1.82, 2.24) is 20.5 Å². The van der Waals surface area contributed by atoms with Crippen molar-refractivity contribution in [3.8, 4) is 11.1 Å². The molecule has 0 aliphatic heterocycles. The van der Waals surface area contributed by atoms with E-state index in [9.17, 15) is 4.79 Å². The summed E-state index contributed by atoms with van der Waals surface area (Å²) in [5.41, 5.74) is 11.2. The minimum absolute atomic E-state index is 0.164. The molecule has 3 rings (SSSR count). The Bertz CT molecular complexity index is 952. The smallest absolute Gasteiger partial charge is 0.273 e. The number of nitrogens with one attached hydrogen (secondary N) is 1. The van der Waals surface area contributed by atoms with Gasteiger partial charge < -0.3 is 11.1 Å². The standard InChI is InChI=1S/C19H21N5O/c1-4-10-21-19(25)18-16(20)15-7-5-6-14(17(15)23-24-18)13-9-8-11(2)22-12(13)3/h5-9H,4,10H2,1-3H3,(H2,20,23)(H,21,25). The molecule has 0 unspecified atom stereocenters. The molecule has 0 bridgehead atoms. The highest BCUT2D eigenvalue weighted by atomic mass is 16.1. The molecule has 0 aliphatic carbocycles. The topological polar surface area (TPSA) is 93.8 Å². The molecule has 1 aromatic carbocycles. The molecule has 0 fully saturated rings. The lowest BCUT2D eigenvalue weighted by Gasteiger charge is -2.12. The van der Waals surface area contributed by atoms with E-state index in [0.717, 1.165) is 28.9 Å². The second-order valence-corrected chi connectivity index (χ2v) is 6.01. The molecule has 2 aromatic heterocycles. The van der Waals surface area contributed by atoms with Gasteiger partial charge in [0.15, 0.2) is 5.69 Å². The van der Waals surface area contributed by atoms with Gasteiger partial charge in [-0.15, -0.1) is 10.2 Å². The average Bonchev–Trinajstić information content (AvgIpc) is 2.60. The number of nitrogens with two attached hydrogens (primary N) is 1. The van der Waals surface area contributed by atoms with Crippen molar-refractivity contribution in [1.29, 1.82) is 0 Å². The first kappa shape index (κ1) is 16.8. The maximum atomic E-state index is 12.2. The van der Waals surface area contributed by atoms with Gasteiger partial charge in [-0.1, -0.05) is 31.2 Å². The minimum Gasteiger partial charge on any atom is -0.396 e. The molecule has 0 saturated carbocycles. The van der Waals surface area contributed by atoms with Gasteiger partial charge in [-0.05, 0) is 26.3 Å². The van der Waals surface area contributed by atoms with Crippen molar-refractivity contribution in [3.63, 3.8) is 0 Å². The van der Waals surface area contributed by atoms with E-state index in [-0.39, 0.29) is 11.6 Å². The van der Waals surface area contributed by atoms with Crippen LogP contribution < -0.4 is 11.1 Å². The molecule has 0 spiro atoms. The molecular formula is C19H21N5O. The van der Waals surface area contributed by atoms with Crippen LogP contribution in [-0.2, 0) is 0 Å². The van der Waals surface area contributed by atoms with Crippen LogP contribution in [0, 0.1) is 13.8 Å². The summed E-state index contributed by atoms with van der Waals surface area (Å²) in [4.78, 5) is 16.7. The monoisotopic (exact) mass is 335 g/mol. The van der Waals surface area contributed by atoms with Crippen LogP contribution in [-0.4, -0.2) is 27.6 Å². The zero-order chi connectivity index (χ0) is 18.0. The van der Waals surface area contributed by atoms with Gasteiger partial charge >= 0.3 is 0 Å².